The molecule has 0 aromatic rings. The first-order valence-corrected chi connectivity index (χ1v) is 14.0. The average Bonchev–Trinajstić information content (AvgIpc) is 2.68. The Balaban J connectivity index is 3.42. The first-order valence-electron chi connectivity index (χ1n) is 12.1. The number of unbranched alkanes of at least 4 members (excludes halogenated alkanes) is 9. The molecule has 0 heterocycles. The lowest BCUT2D eigenvalue weighted by atomic mass is 10.0. The van der Waals surface area contributed by atoms with Crippen molar-refractivity contribution in [2.45, 2.75) is 133 Å². The molecule has 0 spiro atoms. The SMILES string of the molecule is CCCCCCCCC(Br)C(Br)CCCCCCCC(=O)NCCCOC(C)C. The van der Waals surface area contributed by atoms with E-state index in [0.29, 0.717) is 16.1 Å². The molecule has 0 aromatic heterocycles. The lowest BCUT2D eigenvalue weighted by Gasteiger charge is -2.16. The van der Waals surface area contributed by atoms with Gasteiger partial charge in [0.05, 0.1) is 6.10 Å². The summed E-state index contributed by atoms with van der Waals surface area (Å²) in [7, 11) is 0. The van der Waals surface area contributed by atoms with Crippen molar-refractivity contribution in [2.24, 2.45) is 0 Å². The van der Waals surface area contributed by atoms with Crippen molar-refractivity contribution in [1.82, 2.24) is 5.32 Å². The lowest BCUT2D eigenvalue weighted by Crippen LogP contribution is -2.25. The number of hydrogen-bond acceptors (Lipinski definition) is 2. The van der Waals surface area contributed by atoms with E-state index < -0.39 is 0 Å². The highest BCUT2D eigenvalue weighted by atomic mass is 79.9. The van der Waals surface area contributed by atoms with Crippen molar-refractivity contribution in [3.63, 3.8) is 0 Å². The van der Waals surface area contributed by atoms with Crippen LogP contribution in [0.3, 0.4) is 0 Å². The first kappa shape index (κ1) is 29.4. The van der Waals surface area contributed by atoms with Crippen molar-refractivity contribution in [1.29, 1.82) is 0 Å². The standard InChI is InChI=1S/C24H47Br2NO2/c1-4-5-6-7-9-12-16-22(25)23(26)17-13-10-8-11-14-18-24(28)27-19-15-20-29-21(2)3/h21-23H,4-20H2,1-3H3,(H,27,28). The molecule has 29 heavy (non-hydrogen) atoms. The third-order valence-corrected chi connectivity index (χ3v) is 8.11. The third-order valence-electron chi connectivity index (χ3n) is 5.20. The van der Waals surface area contributed by atoms with E-state index in [0.717, 1.165) is 32.4 Å². The van der Waals surface area contributed by atoms with Crippen LogP contribution >= 0.6 is 31.9 Å². The zero-order valence-electron chi connectivity index (χ0n) is 19.3. The van der Waals surface area contributed by atoms with Crippen LogP contribution in [0.15, 0.2) is 0 Å². The molecule has 0 aliphatic heterocycles. The summed E-state index contributed by atoms with van der Waals surface area (Å²) < 4.78 is 5.47. The van der Waals surface area contributed by atoms with E-state index in [2.05, 4.69) is 44.1 Å². The van der Waals surface area contributed by atoms with Crippen molar-refractivity contribution >= 4 is 37.8 Å². The van der Waals surface area contributed by atoms with Gasteiger partial charge >= 0.3 is 0 Å². The minimum absolute atomic E-state index is 0.187. The first-order chi connectivity index (χ1) is 14.0. The fourth-order valence-corrected chi connectivity index (χ4v) is 4.52. The van der Waals surface area contributed by atoms with Crippen molar-refractivity contribution in [2.75, 3.05) is 13.2 Å². The van der Waals surface area contributed by atoms with Crippen LogP contribution in [0.5, 0.6) is 0 Å². The molecule has 0 aromatic carbocycles. The highest BCUT2D eigenvalue weighted by molar-refractivity contribution is 9.12. The van der Waals surface area contributed by atoms with E-state index in [-0.39, 0.29) is 12.0 Å². The molecule has 0 saturated heterocycles. The van der Waals surface area contributed by atoms with Gasteiger partial charge in [-0.1, -0.05) is 103 Å². The molecule has 2 atom stereocenters. The molecule has 0 aliphatic carbocycles. The largest absolute Gasteiger partial charge is 0.379 e. The monoisotopic (exact) mass is 539 g/mol. The van der Waals surface area contributed by atoms with Crippen LogP contribution in [0.4, 0.5) is 0 Å². The summed E-state index contributed by atoms with van der Waals surface area (Å²) >= 11 is 7.75. The molecule has 3 nitrogen and oxygen atoms in total. The minimum atomic E-state index is 0.187. The Kier molecular flexibility index (Phi) is 21.9. The lowest BCUT2D eigenvalue weighted by molar-refractivity contribution is -0.121. The topological polar surface area (TPSA) is 38.3 Å². The molecule has 1 N–H and O–H groups in total. The number of carbonyl (C=O) groups is 1. The maximum atomic E-state index is 11.8. The van der Waals surface area contributed by atoms with Gasteiger partial charge in [0.2, 0.25) is 5.91 Å². The van der Waals surface area contributed by atoms with E-state index in [9.17, 15) is 4.79 Å². The van der Waals surface area contributed by atoms with Gasteiger partial charge in [-0.05, 0) is 39.5 Å². The van der Waals surface area contributed by atoms with Gasteiger partial charge in [0.25, 0.3) is 0 Å². The summed E-state index contributed by atoms with van der Waals surface area (Å²) in [6, 6.07) is 0. The number of amides is 1. The van der Waals surface area contributed by atoms with Crippen LogP contribution in [0.1, 0.15) is 117 Å². The van der Waals surface area contributed by atoms with Crippen LogP contribution in [0.2, 0.25) is 0 Å². The van der Waals surface area contributed by atoms with Gasteiger partial charge in [-0.2, -0.15) is 0 Å². The Hall–Kier alpha value is 0.390. The van der Waals surface area contributed by atoms with Crippen LogP contribution in [0.25, 0.3) is 0 Å². The second-order valence-corrected chi connectivity index (χ2v) is 10.9. The van der Waals surface area contributed by atoms with Crippen molar-refractivity contribution < 1.29 is 9.53 Å². The number of alkyl halides is 2. The van der Waals surface area contributed by atoms with Crippen LogP contribution < -0.4 is 5.32 Å². The highest BCUT2D eigenvalue weighted by Crippen LogP contribution is 2.25. The molecule has 174 valence electrons. The smallest absolute Gasteiger partial charge is 0.219 e. The quantitative estimate of drug-likeness (QED) is 0.118. The number of rotatable bonds is 21. The molecule has 0 aliphatic rings. The highest BCUT2D eigenvalue weighted by Gasteiger charge is 2.14. The molecule has 2 unspecified atom stereocenters. The fourth-order valence-electron chi connectivity index (χ4n) is 3.34. The Morgan fingerprint density at radius 1 is 0.793 bits per heavy atom. The second kappa shape index (κ2) is 21.6. The van der Waals surface area contributed by atoms with Gasteiger partial charge in [-0.25, -0.2) is 0 Å². The predicted octanol–water partition coefficient (Wildman–Crippen LogP) is 7.93. The Morgan fingerprint density at radius 2 is 1.31 bits per heavy atom. The Morgan fingerprint density at radius 3 is 1.86 bits per heavy atom. The zero-order chi connectivity index (χ0) is 21.7. The maximum absolute atomic E-state index is 11.8. The summed E-state index contributed by atoms with van der Waals surface area (Å²) in [5.41, 5.74) is 0. The third kappa shape index (κ3) is 21.4. The van der Waals surface area contributed by atoms with Gasteiger partial charge in [-0.3, -0.25) is 4.79 Å². The van der Waals surface area contributed by atoms with E-state index in [4.69, 9.17) is 4.74 Å². The number of carbonyl (C=O) groups excluding carboxylic acids is 1. The normalized spacial score (nSPS) is 13.6. The van der Waals surface area contributed by atoms with Crippen molar-refractivity contribution in [3.8, 4) is 0 Å². The van der Waals surface area contributed by atoms with Gasteiger partial charge in [-0.15, -0.1) is 0 Å². The maximum Gasteiger partial charge on any atom is 0.219 e. The summed E-state index contributed by atoms with van der Waals surface area (Å²) in [4.78, 5) is 13.0. The van der Waals surface area contributed by atoms with Gasteiger partial charge in [0.15, 0.2) is 0 Å². The molecule has 0 bridgehead atoms. The van der Waals surface area contributed by atoms with Gasteiger partial charge in [0, 0.05) is 29.2 Å². The zero-order valence-corrected chi connectivity index (χ0v) is 22.5. The Labute approximate surface area is 198 Å². The van der Waals surface area contributed by atoms with Crippen LogP contribution in [-0.4, -0.2) is 34.8 Å². The molecule has 0 fully saturated rings. The average molecular weight is 541 g/mol. The van der Waals surface area contributed by atoms with Gasteiger partial charge in [0.1, 0.15) is 0 Å². The molecular formula is C24H47Br2NO2. The number of hydrogen-bond donors (Lipinski definition) is 1. The molecule has 5 heteroatoms. The number of ether oxygens (including phenoxy) is 1. The van der Waals surface area contributed by atoms with Crippen LogP contribution in [-0.2, 0) is 9.53 Å². The second-order valence-electron chi connectivity index (χ2n) is 8.52. The van der Waals surface area contributed by atoms with E-state index in [1.54, 1.807) is 0 Å². The summed E-state index contributed by atoms with van der Waals surface area (Å²) in [6.45, 7) is 7.79. The predicted molar refractivity (Wildman–Crippen MR) is 134 cm³/mol. The van der Waals surface area contributed by atoms with Crippen molar-refractivity contribution in [3.05, 3.63) is 0 Å². The molecule has 0 rings (SSSR count). The summed E-state index contributed by atoms with van der Waals surface area (Å²) in [5.74, 6) is 0.187. The van der Waals surface area contributed by atoms with E-state index >= 15 is 0 Å². The summed E-state index contributed by atoms with van der Waals surface area (Å²) in [6.07, 6.45) is 18.5. The summed E-state index contributed by atoms with van der Waals surface area (Å²) in [5, 5.41) is 2.99. The van der Waals surface area contributed by atoms with E-state index in [1.165, 1.54) is 70.6 Å². The Bertz CT molecular complexity index is 367. The minimum Gasteiger partial charge on any atom is -0.379 e. The molecule has 0 radical (unpaired) electrons. The van der Waals surface area contributed by atoms with Gasteiger partial charge < -0.3 is 10.1 Å². The number of nitrogens with one attached hydrogen (secondary N) is 1. The fraction of sp³-hybridized carbons (Fsp3) is 0.958. The van der Waals surface area contributed by atoms with E-state index in [1.807, 2.05) is 13.8 Å². The molecule has 1 amide bonds. The molecule has 0 saturated carbocycles. The van der Waals surface area contributed by atoms with Crippen LogP contribution in [0, 0.1) is 0 Å². The number of halogens is 2. The molecular weight excluding hydrogens is 494 g/mol.